The number of carbonyl (C=O) groups excluding carboxylic acids is 2. The van der Waals surface area contributed by atoms with Gasteiger partial charge in [0.25, 0.3) is 0 Å². The van der Waals surface area contributed by atoms with Crippen molar-refractivity contribution in [3.63, 3.8) is 0 Å². The summed E-state index contributed by atoms with van der Waals surface area (Å²) >= 11 is 0. The van der Waals surface area contributed by atoms with Crippen LogP contribution in [0.4, 0.5) is 28.4 Å². The Hall–Kier alpha value is -4.58. The molecular weight excluding hydrogens is 505 g/mol. The maximum atomic E-state index is 13.6. The summed E-state index contributed by atoms with van der Waals surface area (Å²) in [6.45, 7) is 3.93. The minimum atomic E-state index is -4.60. The number of nitriles is 1. The molecule has 9 heteroatoms. The fraction of sp³-hybridized carbons (Fsp3) is 0.233. The number of nitrogens with zero attached hydrogens (tertiary/aromatic N) is 3. The number of unbranched alkanes of at least 4 members (excludes halogenated alkanes) is 1. The number of nitrogens with one attached hydrogen (secondary N) is 1. The van der Waals surface area contributed by atoms with E-state index < -0.39 is 23.8 Å². The number of rotatable bonds is 6. The monoisotopic (exact) mass is 532 g/mol. The summed E-state index contributed by atoms with van der Waals surface area (Å²) in [7, 11) is 0. The lowest BCUT2D eigenvalue weighted by atomic mass is 9.91. The molecule has 0 aliphatic carbocycles. The van der Waals surface area contributed by atoms with Crippen molar-refractivity contribution in [2.24, 2.45) is 0 Å². The number of alkyl halides is 3. The van der Waals surface area contributed by atoms with Gasteiger partial charge in [0.15, 0.2) is 0 Å². The predicted molar refractivity (Wildman–Crippen MR) is 144 cm³/mol. The van der Waals surface area contributed by atoms with Crippen molar-refractivity contribution in [1.82, 2.24) is 10.2 Å². The zero-order valence-corrected chi connectivity index (χ0v) is 21.5. The summed E-state index contributed by atoms with van der Waals surface area (Å²) in [5, 5.41) is 11.9. The van der Waals surface area contributed by atoms with Crippen molar-refractivity contribution in [3.8, 4) is 17.2 Å². The molecule has 1 aliphatic rings. The summed E-state index contributed by atoms with van der Waals surface area (Å²) in [5.41, 5.74) is 2.95. The van der Waals surface area contributed by atoms with Crippen molar-refractivity contribution >= 4 is 23.3 Å². The molecular formula is C30H27F3N4O2. The number of urea groups is 2. The number of hydrogen-bond donors (Lipinski definition) is 1. The summed E-state index contributed by atoms with van der Waals surface area (Å²) in [5.74, 6) is 0. The third-order valence-electron chi connectivity index (χ3n) is 6.57. The van der Waals surface area contributed by atoms with Gasteiger partial charge in [-0.15, -0.1) is 0 Å². The van der Waals surface area contributed by atoms with E-state index in [2.05, 4.69) is 11.4 Å². The highest BCUT2D eigenvalue weighted by molar-refractivity contribution is 6.09. The highest BCUT2D eigenvalue weighted by Gasteiger charge is 2.37. The second-order valence-electron chi connectivity index (χ2n) is 9.14. The summed E-state index contributed by atoms with van der Waals surface area (Å²) < 4.78 is 40.6. The minimum Gasteiger partial charge on any atom is -0.338 e. The molecule has 0 atom stereocenters. The quantitative estimate of drug-likeness (QED) is 0.336. The Morgan fingerprint density at radius 2 is 1.72 bits per heavy atom. The van der Waals surface area contributed by atoms with Crippen molar-refractivity contribution in [3.05, 3.63) is 95.2 Å². The van der Waals surface area contributed by atoms with Gasteiger partial charge in [0, 0.05) is 12.2 Å². The van der Waals surface area contributed by atoms with E-state index in [-0.39, 0.29) is 12.2 Å². The molecule has 0 spiro atoms. The number of hydrogen-bond acceptors (Lipinski definition) is 3. The van der Waals surface area contributed by atoms with Gasteiger partial charge in [-0.3, -0.25) is 4.90 Å². The first-order chi connectivity index (χ1) is 18.7. The molecule has 0 unspecified atom stereocenters. The molecule has 3 aromatic rings. The average Bonchev–Trinajstić information content (AvgIpc) is 2.93. The number of halogens is 3. The van der Waals surface area contributed by atoms with Crippen LogP contribution in [0.3, 0.4) is 0 Å². The van der Waals surface area contributed by atoms with Crippen LogP contribution in [0, 0.1) is 11.3 Å². The lowest BCUT2D eigenvalue weighted by Gasteiger charge is -2.37. The molecule has 0 saturated heterocycles. The Morgan fingerprint density at radius 3 is 2.36 bits per heavy atom. The molecule has 3 aromatic carbocycles. The van der Waals surface area contributed by atoms with Crippen LogP contribution in [0.1, 0.15) is 43.4 Å². The standard InChI is InChI=1S/C30H27F3N4O2/c1-3-4-16-35-28(38)36-19-27(26-11-6-5-10-25(26)22-14-12-21(18-34)13-15-22)20(2)37(29(36)39)24-9-7-8-23(17-24)30(31,32)33/h5-15,17H,3-4,16,19H2,1-2H3,(H,35,38). The van der Waals surface area contributed by atoms with Crippen LogP contribution in [0.2, 0.25) is 0 Å². The molecule has 4 rings (SSSR count). The average molecular weight is 533 g/mol. The molecule has 0 saturated carbocycles. The van der Waals surface area contributed by atoms with Crippen molar-refractivity contribution in [2.45, 2.75) is 32.9 Å². The Labute approximate surface area is 225 Å². The zero-order valence-electron chi connectivity index (χ0n) is 21.5. The molecule has 39 heavy (non-hydrogen) atoms. The highest BCUT2D eigenvalue weighted by Crippen LogP contribution is 2.38. The third kappa shape index (κ3) is 5.80. The molecule has 200 valence electrons. The summed E-state index contributed by atoms with van der Waals surface area (Å²) in [4.78, 5) is 28.9. The summed E-state index contributed by atoms with van der Waals surface area (Å²) in [6, 6.07) is 19.6. The Balaban J connectivity index is 1.86. The van der Waals surface area contributed by atoms with Gasteiger partial charge in [0.1, 0.15) is 0 Å². The van der Waals surface area contributed by atoms with E-state index in [0.717, 1.165) is 45.0 Å². The molecule has 0 radical (unpaired) electrons. The maximum Gasteiger partial charge on any atom is 0.416 e. The van der Waals surface area contributed by atoms with Crippen LogP contribution in [-0.2, 0) is 6.18 Å². The first kappa shape index (κ1) is 27.5. The Morgan fingerprint density at radius 1 is 1.03 bits per heavy atom. The van der Waals surface area contributed by atoms with E-state index >= 15 is 0 Å². The van der Waals surface area contributed by atoms with Gasteiger partial charge < -0.3 is 5.32 Å². The van der Waals surface area contributed by atoms with E-state index in [4.69, 9.17) is 0 Å². The van der Waals surface area contributed by atoms with Gasteiger partial charge in [0.2, 0.25) is 0 Å². The second kappa shape index (κ2) is 11.4. The molecule has 1 heterocycles. The predicted octanol–water partition coefficient (Wildman–Crippen LogP) is 7.43. The van der Waals surface area contributed by atoms with E-state index in [9.17, 15) is 28.0 Å². The smallest absolute Gasteiger partial charge is 0.338 e. The fourth-order valence-electron chi connectivity index (χ4n) is 4.49. The van der Waals surface area contributed by atoms with E-state index in [1.165, 1.54) is 12.1 Å². The SMILES string of the molecule is CCCCNC(=O)N1CC(c2ccccc2-c2ccc(C#N)cc2)=C(C)N(c2cccc(C(F)(F)F)c2)C1=O. The van der Waals surface area contributed by atoms with E-state index in [1.807, 2.05) is 31.2 Å². The van der Waals surface area contributed by atoms with Crippen LogP contribution >= 0.6 is 0 Å². The Bertz CT molecular complexity index is 1460. The van der Waals surface area contributed by atoms with Crippen LogP contribution in [0.25, 0.3) is 16.7 Å². The lowest BCUT2D eigenvalue weighted by molar-refractivity contribution is -0.137. The number of anilines is 1. The van der Waals surface area contributed by atoms with E-state index in [1.54, 1.807) is 31.2 Å². The van der Waals surface area contributed by atoms with Gasteiger partial charge in [-0.2, -0.15) is 18.4 Å². The van der Waals surface area contributed by atoms with Crippen molar-refractivity contribution < 1.29 is 22.8 Å². The molecule has 0 fully saturated rings. The summed E-state index contributed by atoms with van der Waals surface area (Å²) in [6.07, 6.45) is -3.05. The fourth-order valence-corrected chi connectivity index (χ4v) is 4.49. The van der Waals surface area contributed by atoms with E-state index in [0.29, 0.717) is 29.8 Å². The van der Waals surface area contributed by atoms with Crippen molar-refractivity contribution in [1.29, 1.82) is 5.26 Å². The van der Waals surface area contributed by atoms with Gasteiger partial charge in [0.05, 0.1) is 29.4 Å². The molecule has 6 nitrogen and oxygen atoms in total. The van der Waals surface area contributed by atoms with Crippen LogP contribution in [0.15, 0.2) is 78.5 Å². The first-order valence-corrected chi connectivity index (χ1v) is 12.5. The number of allylic oxidation sites excluding steroid dienone is 1. The maximum absolute atomic E-state index is 13.6. The molecule has 4 amide bonds. The van der Waals surface area contributed by atoms with Crippen LogP contribution in [0.5, 0.6) is 0 Å². The van der Waals surface area contributed by atoms with Crippen molar-refractivity contribution in [2.75, 3.05) is 18.0 Å². The largest absolute Gasteiger partial charge is 0.416 e. The molecule has 1 aliphatic heterocycles. The third-order valence-corrected chi connectivity index (χ3v) is 6.57. The van der Waals surface area contributed by atoms with Gasteiger partial charge in [-0.25, -0.2) is 14.5 Å². The van der Waals surface area contributed by atoms with Crippen LogP contribution < -0.4 is 10.2 Å². The number of amides is 4. The zero-order chi connectivity index (χ0) is 28.2. The lowest BCUT2D eigenvalue weighted by Crippen LogP contribution is -2.53. The normalized spacial score (nSPS) is 13.9. The first-order valence-electron chi connectivity index (χ1n) is 12.5. The topological polar surface area (TPSA) is 76.4 Å². The second-order valence-corrected chi connectivity index (χ2v) is 9.14. The number of carbonyl (C=O) groups is 2. The van der Waals surface area contributed by atoms with Gasteiger partial charge in [-0.05, 0) is 65.9 Å². The highest BCUT2D eigenvalue weighted by atomic mass is 19.4. The van der Waals surface area contributed by atoms with Crippen LogP contribution in [-0.4, -0.2) is 30.1 Å². The Kier molecular flexibility index (Phi) is 8.05. The van der Waals surface area contributed by atoms with Gasteiger partial charge in [-0.1, -0.05) is 55.8 Å². The number of benzene rings is 3. The molecule has 0 aromatic heterocycles. The molecule has 0 bridgehead atoms. The molecule has 1 N–H and O–H groups in total. The minimum absolute atomic E-state index is 0.00624. The van der Waals surface area contributed by atoms with Gasteiger partial charge >= 0.3 is 18.2 Å². The number of imide groups is 1.